The van der Waals surface area contributed by atoms with Crippen molar-refractivity contribution >= 4 is 0 Å². The van der Waals surface area contributed by atoms with E-state index in [0.29, 0.717) is 6.04 Å². The van der Waals surface area contributed by atoms with Crippen LogP contribution in [0.5, 0.6) is 5.75 Å². The summed E-state index contributed by atoms with van der Waals surface area (Å²) in [6.45, 7) is 0.865. The summed E-state index contributed by atoms with van der Waals surface area (Å²) < 4.78 is 7.16. The summed E-state index contributed by atoms with van der Waals surface area (Å²) in [6.07, 6.45) is 7.55. The predicted molar refractivity (Wildman–Crippen MR) is 78.7 cm³/mol. The van der Waals surface area contributed by atoms with E-state index in [1.54, 1.807) is 7.11 Å². The second-order valence-electron chi connectivity index (χ2n) is 5.41. The van der Waals surface area contributed by atoms with Gasteiger partial charge in [0.2, 0.25) is 0 Å². The highest BCUT2D eigenvalue weighted by Crippen LogP contribution is 2.32. The van der Waals surface area contributed by atoms with E-state index in [9.17, 15) is 0 Å². The zero-order valence-corrected chi connectivity index (χ0v) is 12.1. The van der Waals surface area contributed by atoms with Crippen LogP contribution in [0.25, 0.3) is 0 Å². The third kappa shape index (κ3) is 2.70. The number of aromatic nitrogens is 2. The number of fused-ring (bicyclic) bond motifs is 1. The van der Waals surface area contributed by atoms with Crippen LogP contribution in [0.3, 0.4) is 0 Å². The Balaban J connectivity index is 1.73. The molecule has 1 heterocycles. The van der Waals surface area contributed by atoms with E-state index in [2.05, 4.69) is 34.8 Å². The molecule has 0 radical (unpaired) electrons. The molecule has 2 aromatic rings. The lowest BCUT2D eigenvalue weighted by Crippen LogP contribution is -2.24. The molecule has 4 nitrogen and oxygen atoms in total. The van der Waals surface area contributed by atoms with E-state index in [1.807, 2.05) is 17.9 Å². The molecule has 0 amide bonds. The number of ether oxygens (including phenoxy) is 1. The van der Waals surface area contributed by atoms with Gasteiger partial charge in [-0.3, -0.25) is 4.68 Å². The van der Waals surface area contributed by atoms with Crippen LogP contribution >= 0.6 is 0 Å². The van der Waals surface area contributed by atoms with Gasteiger partial charge < -0.3 is 10.1 Å². The number of rotatable bonds is 4. The van der Waals surface area contributed by atoms with Crippen molar-refractivity contribution in [1.29, 1.82) is 0 Å². The molecule has 3 rings (SSSR count). The van der Waals surface area contributed by atoms with Gasteiger partial charge in [-0.05, 0) is 42.5 Å². The molecule has 106 valence electrons. The van der Waals surface area contributed by atoms with E-state index in [-0.39, 0.29) is 0 Å². The molecule has 1 atom stereocenters. The van der Waals surface area contributed by atoms with E-state index in [1.165, 1.54) is 29.5 Å². The topological polar surface area (TPSA) is 39.1 Å². The van der Waals surface area contributed by atoms with Crippen molar-refractivity contribution in [2.45, 2.75) is 31.8 Å². The zero-order chi connectivity index (χ0) is 13.9. The summed E-state index contributed by atoms with van der Waals surface area (Å²) in [5.74, 6) is 0.955. The maximum absolute atomic E-state index is 5.32. The Morgan fingerprint density at radius 2 is 2.35 bits per heavy atom. The van der Waals surface area contributed by atoms with E-state index in [4.69, 9.17) is 4.74 Å². The number of hydrogen-bond donors (Lipinski definition) is 1. The van der Waals surface area contributed by atoms with Crippen LogP contribution in [0.1, 0.15) is 35.6 Å². The molecule has 1 unspecified atom stereocenters. The summed E-state index contributed by atoms with van der Waals surface area (Å²) in [7, 11) is 3.67. The highest BCUT2D eigenvalue weighted by Gasteiger charge is 2.20. The Morgan fingerprint density at radius 3 is 3.10 bits per heavy atom. The third-order valence-corrected chi connectivity index (χ3v) is 3.98. The van der Waals surface area contributed by atoms with Crippen LogP contribution in [0, 0.1) is 0 Å². The molecule has 0 fully saturated rings. The van der Waals surface area contributed by atoms with Gasteiger partial charge in [0.1, 0.15) is 5.75 Å². The maximum atomic E-state index is 5.32. The molecule has 1 aromatic carbocycles. The molecule has 0 spiro atoms. The Hall–Kier alpha value is -1.81. The normalized spacial score (nSPS) is 17.8. The Bertz CT molecular complexity index is 591. The molecule has 4 heteroatoms. The molecular formula is C16H21N3O. The number of nitrogens with one attached hydrogen (secondary N) is 1. The van der Waals surface area contributed by atoms with Gasteiger partial charge in [0.15, 0.2) is 0 Å². The zero-order valence-electron chi connectivity index (χ0n) is 12.1. The first-order valence-electron chi connectivity index (χ1n) is 7.14. The SMILES string of the molecule is COc1ccc2c(c1)CCCC2NCc1cnn(C)c1. The van der Waals surface area contributed by atoms with Gasteiger partial charge in [-0.2, -0.15) is 5.10 Å². The van der Waals surface area contributed by atoms with Crippen molar-refractivity contribution in [3.63, 3.8) is 0 Å². The van der Waals surface area contributed by atoms with Gasteiger partial charge in [-0.15, -0.1) is 0 Å². The minimum Gasteiger partial charge on any atom is -0.497 e. The lowest BCUT2D eigenvalue weighted by molar-refractivity contribution is 0.410. The summed E-state index contributed by atoms with van der Waals surface area (Å²) in [5.41, 5.74) is 4.06. The fourth-order valence-electron chi connectivity index (χ4n) is 2.93. The van der Waals surface area contributed by atoms with Gasteiger partial charge >= 0.3 is 0 Å². The monoisotopic (exact) mass is 271 g/mol. The largest absolute Gasteiger partial charge is 0.497 e. The molecule has 0 saturated carbocycles. The molecular weight excluding hydrogens is 250 g/mol. The molecule has 1 aliphatic rings. The lowest BCUT2D eigenvalue weighted by Gasteiger charge is -2.26. The summed E-state index contributed by atoms with van der Waals surface area (Å²) in [5, 5.41) is 7.86. The maximum Gasteiger partial charge on any atom is 0.119 e. The number of benzene rings is 1. The highest BCUT2D eigenvalue weighted by molar-refractivity contribution is 5.39. The van der Waals surface area contributed by atoms with E-state index < -0.39 is 0 Å². The van der Waals surface area contributed by atoms with Crippen LogP contribution in [0.4, 0.5) is 0 Å². The van der Waals surface area contributed by atoms with E-state index >= 15 is 0 Å². The van der Waals surface area contributed by atoms with Crippen LogP contribution in [-0.2, 0) is 20.0 Å². The number of aryl methyl sites for hydroxylation is 2. The Labute approximate surface area is 119 Å². The van der Waals surface area contributed by atoms with Crippen molar-refractivity contribution in [3.05, 3.63) is 47.3 Å². The Morgan fingerprint density at radius 1 is 1.45 bits per heavy atom. The number of nitrogens with zero attached hydrogens (tertiary/aromatic N) is 2. The molecule has 0 aliphatic heterocycles. The average molecular weight is 271 g/mol. The second kappa shape index (κ2) is 5.67. The van der Waals surface area contributed by atoms with Crippen molar-refractivity contribution in [2.24, 2.45) is 7.05 Å². The quantitative estimate of drug-likeness (QED) is 0.929. The van der Waals surface area contributed by atoms with Gasteiger partial charge in [0.05, 0.1) is 13.3 Å². The summed E-state index contributed by atoms with van der Waals surface area (Å²) in [6, 6.07) is 6.87. The minimum absolute atomic E-state index is 0.435. The molecule has 20 heavy (non-hydrogen) atoms. The molecule has 1 aromatic heterocycles. The number of methoxy groups -OCH3 is 1. The predicted octanol–water partition coefficient (Wildman–Crippen LogP) is 2.60. The van der Waals surface area contributed by atoms with Crippen LogP contribution in [0.2, 0.25) is 0 Å². The van der Waals surface area contributed by atoms with Gasteiger partial charge in [-0.25, -0.2) is 0 Å². The van der Waals surface area contributed by atoms with Crippen LogP contribution in [0.15, 0.2) is 30.6 Å². The van der Waals surface area contributed by atoms with Gasteiger partial charge in [0.25, 0.3) is 0 Å². The highest BCUT2D eigenvalue weighted by atomic mass is 16.5. The average Bonchev–Trinajstić information content (AvgIpc) is 2.90. The molecule has 0 saturated heterocycles. The van der Waals surface area contributed by atoms with Crippen molar-refractivity contribution < 1.29 is 4.74 Å². The van der Waals surface area contributed by atoms with Crippen molar-refractivity contribution in [3.8, 4) is 5.75 Å². The molecule has 1 N–H and O–H groups in total. The van der Waals surface area contributed by atoms with E-state index in [0.717, 1.165) is 18.7 Å². The minimum atomic E-state index is 0.435. The van der Waals surface area contributed by atoms with Crippen molar-refractivity contribution in [2.75, 3.05) is 7.11 Å². The first-order chi connectivity index (χ1) is 9.76. The summed E-state index contributed by atoms with van der Waals surface area (Å²) >= 11 is 0. The summed E-state index contributed by atoms with van der Waals surface area (Å²) in [4.78, 5) is 0. The van der Waals surface area contributed by atoms with Gasteiger partial charge in [0, 0.05) is 31.4 Å². The fraction of sp³-hybridized carbons (Fsp3) is 0.438. The second-order valence-corrected chi connectivity index (χ2v) is 5.41. The van der Waals surface area contributed by atoms with Gasteiger partial charge in [-0.1, -0.05) is 6.07 Å². The smallest absolute Gasteiger partial charge is 0.119 e. The molecule has 0 bridgehead atoms. The van der Waals surface area contributed by atoms with Crippen molar-refractivity contribution in [1.82, 2.24) is 15.1 Å². The fourth-order valence-corrected chi connectivity index (χ4v) is 2.93. The lowest BCUT2D eigenvalue weighted by atomic mass is 9.87. The Kier molecular flexibility index (Phi) is 3.74. The third-order valence-electron chi connectivity index (χ3n) is 3.98. The van der Waals surface area contributed by atoms with Crippen LogP contribution in [-0.4, -0.2) is 16.9 Å². The first-order valence-corrected chi connectivity index (χ1v) is 7.14. The number of hydrogen-bond acceptors (Lipinski definition) is 3. The molecule has 1 aliphatic carbocycles. The van der Waals surface area contributed by atoms with Crippen LogP contribution < -0.4 is 10.1 Å². The first kappa shape index (κ1) is 13.2. The standard InChI is InChI=1S/C16H21N3O/c1-19-11-12(10-18-19)9-17-16-5-3-4-13-8-14(20-2)6-7-15(13)16/h6-8,10-11,16-17H,3-5,9H2,1-2H3.